The van der Waals surface area contributed by atoms with Crippen molar-refractivity contribution < 1.29 is 0 Å². The molecular weight excluding hydrogens is 354 g/mol. The number of allylic oxidation sites excluding steroid dienone is 2. The number of unbranched alkanes of at least 4 members (excludes halogenated alkanes) is 2. The first-order valence-corrected chi connectivity index (χ1v) is 10.3. The molecule has 1 heterocycles. The predicted molar refractivity (Wildman–Crippen MR) is 121 cm³/mol. The molecule has 0 aliphatic rings. The number of aromatic nitrogens is 2. The second kappa shape index (κ2) is 11.0. The van der Waals surface area contributed by atoms with Gasteiger partial charge in [-0.2, -0.15) is 0 Å². The van der Waals surface area contributed by atoms with Crippen LogP contribution >= 0.6 is 0 Å². The quantitative estimate of drug-likeness (QED) is 0.440. The van der Waals surface area contributed by atoms with Gasteiger partial charge in [-0.1, -0.05) is 86.7 Å². The second-order valence-corrected chi connectivity index (χ2v) is 7.20. The summed E-state index contributed by atoms with van der Waals surface area (Å²) in [7, 11) is 0. The van der Waals surface area contributed by atoms with Gasteiger partial charge in [0.1, 0.15) is 5.82 Å². The van der Waals surface area contributed by atoms with Crippen LogP contribution in [-0.2, 0) is 12.8 Å². The zero-order valence-corrected chi connectivity index (χ0v) is 17.1. The average Bonchev–Trinajstić information content (AvgIpc) is 2.75. The number of rotatable bonds is 10. The molecule has 1 aromatic heterocycles. The highest BCUT2D eigenvalue weighted by molar-refractivity contribution is 5.64. The van der Waals surface area contributed by atoms with Crippen molar-refractivity contribution in [3.63, 3.8) is 0 Å². The van der Waals surface area contributed by atoms with Crippen molar-refractivity contribution in [1.82, 2.24) is 15.3 Å². The van der Waals surface area contributed by atoms with Gasteiger partial charge in [0.05, 0.1) is 0 Å². The monoisotopic (exact) mass is 383 g/mol. The third-order valence-corrected chi connectivity index (χ3v) is 4.70. The standard InChI is InChI=1S/C26H29N3/c1-3-4-7-16-25(29-21(2)17-22-12-8-5-9-13-22)24-19-27-26(28-20-24)18-23-14-10-6-11-15-23/h5-6,8-16,19-20,29H,2-4,7,17-18H2,1H3/b25-16-. The molecule has 0 unspecified atom stereocenters. The van der Waals surface area contributed by atoms with E-state index in [0.29, 0.717) is 0 Å². The Morgan fingerprint density at radius 3 is 2.17 bits per heavy atom. The highest BCUT2D eigenvalue weighted by atomic mass is 14.9. The molecule has 0 amide bonds. The van der Waals surface area contributed by atoms with Crippen LogP contribution in [0.4, 0.5) is 0 Å². The van der Waals surface area contributed by atoms with E-state index in [1.165, 1.54) is 17.5 Å². The Labute approximate surface area is 174 Å². The van der Waals surface area contributed by atoms with E-state index in [1.807, 2.05) is 36.7 Å². The minimum Gasteiger partial charge on any atom is -0.359 e. The second-order valence-electron chi connectivity index (χ2n) is 7.20. The fourth-order valence-corrected chi connectivity index (χ4v) is 3.13. The molecule has 0 aliphatic carbocycles. The summed E-state index contributed by atoms with van der Waals surface area (Å²) >= 11 is 0. The molecule has 0 radical (unpaired) electrons. The molecule has 29 heavy (non-hydrogen) atoms. The zero-order chi connectivity index (χ0) is 20.3. The summed E-state index contributed by atoms with van der Waals surface area (Å²) in [6, 6.07) is 20.7. The molecule has 148 valence electrons. The van der Waals surface area contributed by atoms with Crippen LogP contribution < -0.4 is 5.32 Å². The van der Waals surface area contributed by atoms with Crippen LogP contribution in [0.2, 0.25) is 0 Å². The lowest BCUT2D eigenvalue weighted by atomic mass is 10.1. The van der Waals surface area contributed by atoms with Gasteiger partial charge in [-0.15, -0.1) is 0 Å². The third kappa shape index (κ3) is 6.72. The molecule has 2 aromatic carbocycles. The van der Waals surface area contributed by atoms with Crippen LogP contribution in [0.3, 0.4) is 0 Å². The van der Waals surface area contributed by atoms with Crippen molar-refractivity contribution in [1.29, 1.82) is 0 Å². The first-order valence-electron chi connectivity index (χ1n) is 10.3. The summed E-state index contributed by atoms with van der Waals surface area (Å²) in [5, 5.41) is 3.50. The highest BCUT2D eigenvalue weighted by Gasteiger charge is 2.07. The minimum atomic E-state index is 0.740. The Balaban J connectivity index is 1.70. The van der Waals surface area contributed by atoms with Crippen LogP contribution in [0, 0.1) is 0 Å². The Morgan fingerprint density at radius 1 is 0.931 bits per heavy atom. The van der Waals surface area contributed by atoms with Crippen molar-refractivity contribution in [2.75, 3.05) is 0 Å². The Hall–Kier alpha value is -3.20. The van der Waals surface area contributed by atoms with E-state index >= 15 is 0 Å². The molecule has 0 saturated carbocycles. The fraction of sp³-hybridized carbons (Fsp3) is 0.231. The van der Waals surface area contributed by atoms with Crippen LogP contribution in [0.5, 0.6) is 0 Å². The van der Waals surface area contributed by atoms with Gasteiger partial charge in [0.2, 0.25) is 0 Å². The van der Waals surface area contributed by atoms with Gasteiger partial charge >= 0.3 is 0 Å². The lowest BCUT2D eigenvalue weighted by molar-refractivity contribution is 0.812. The Kier molecular flexibility index (Phi) is 7.76. The van der Waals surface area contributed by atoms with E-state index in [2.05, 4.69) is 71.3 Å². The molecule has 0 aliphatic heterocycles. The fourth-order valence-electron chi connectivity index (χ4n) is 3.13. The maximum Gasteiger partial charge on any atom is 0.132 e. The van der Waals surface area contributed by atoms with Crippen LogP contribution in [0.15, 0.2) is 91.4 Å². The number of hydrogen-bond donors (Lipinski definition) is 1. The minimum absolute atomic E-state index is 0.740. The molecule has 0 bridgehead atoms. The summed E-state index contributed by atoms with van der Waals surface area (Å²) in [6.45, 7) is 6.43. The first-order chi connectivity index (χ1) is 14.2. The lowest BCUT2D eigenvalue weighted by Gasteiger charge is -2.14. The van der Waals surface area contributed by atoms with Crippen LogP contribution in [-0.4, -0.2) is 9.97 Å². The number of benzene rings is 2. The molecule has 0 fully saturated rings. The third-order valence-electron chi connectivity index (χ3n) is 4.70. The van der Waals surface area contributed by atoms with E-state index in [0.717, 1.165) is 48.5 Å². The van der Waals surface area contributed by atoms with Crippen LogP contribution in [0.25, 0.3) is 5.70 Å². The molecule has 0 atom stereocenters. The molecular formula is C26H29N3. The van der Waals surface area contributed by atoms with Gasteiger partial charge in [0.15, 0.2) is 0 Å². The summed E-state index contributed by atoms with van der Waals surface area (Å²) in [5.74, 6) is 0.830. The SMILES string of the molecule is C=C(Cc1ccccc1)N/C(=C\CCCC)c1cnc(Cc2ccccc2)nc1. The molecule has 3 aromatic rings. The normalized spacial score (nSPS) is 11.3. The van der Waals surface area contributed by atoms with Gasteiger partial charge in [-0.05, 0) is 24.0 Å². The average molecular weight is 384 g/mol. The zero-order valence-electron chi connectivity index (χ0n) is 17.1. The van der Waals surface area contributed by atoms with Crippen molar-refractivity contribution in [2.24, 2.45) is 0 Å². The Morgan fingerprint density at radius 2 is 1.55 bits per heavy atom. The molecule has 3 heteroatoms. The van der Waals surface area contributed by atoms with E-state index in [-0.39, 0.29) is 0 Å². The number of hydrogen-bond acceptors (Lipinski definition) is 3. The van der Waals surface area contributed by atoms with Gasteiger partial charge in [-0.3, -0.25) is 0 Å². The summed E-state index contributed by atoms with van der Waals surface area (Å²) in [4.78, 5) is 9.19. The summed E-state index contributed by atoms with van der Waals surface area (Å²) < 4.78 is 0. The summed E-state index contributed by atoms with van der Waals surface area (Å²) in [6.07, 6.45) is 10.9. The molecule has 3 rings (SSSR count). The van der Waals surface area contributed by atoms with Crippen molar-refractivity contribution in [3.05, 3.63) is 114 Å². The largest absolute Gasteiger partial charge is 0.359 e. The van der Waals surface area contributed by atoms with Crippen molar-refractivity contribution >= 4 is 5.70 Å². The molecule has 3 nitrogen and oxygen atoms in total. The maximum absolute atomic E-state index is 4.59. The van der Waals surface area contributed by atoms with Crippen molar-refractivity contribution in [2.45, 2.75) is 39.0 Å². The number of nitrogens with one attached hydrogen (secondary N) is 1. The highest BCUT2D eigenvalue weighted by Crippen LogP contribution is 2.16. The lowest BCUT2D eigenvalue weighted by Crippen LogP contribution is -2.14. The van der Waals surface area contributed by atoms with Gasteiger partial charge in [-0.25, -0.2) is 9.97 Å². The van der Waals surface area contributed by atoms with E-state index in [4.69, 9.17) is 0 Å². The Bertz CT molecular complexity index is 913. The predicted octanol–water partition coefficient (Wildman–Crippen LogP) is 5.94. The van der Waals surface area contributed by atoms with Gasteiger partial charge in [0.25, 0.3) is 0 Å². The van der Waals surface area contributed by atoms with Crippen LogP contribution in [0.1, 0.15) is 48.7 Å². The van der Waals surface area contributed by atoms with Crippen molar-refractivity contribution in [3.8, 4) is 0 Å². The first kappa shape index (κ1) is 20.5. The molecule has 0 spiro atoms. The van der Waals surface area contributed by atoms with E-state index in [1.54, 1.807) is 0 Å². The van der Waals surface area contributed by atoms with Gasteiger partial charge < -0.3 is 5.32 Å². The summed E-state index contributed by atoms with van der Waals surface area (Å²) in [5.41, 5.74) is 5.45. The number of nitrogens with zero attached hydrogens (tertiary/aromatic N) is 2. The molecule has 1 N–H and O–H groups in total. The topological polar surface area (TPSA) is 37.8 Å². The van der Waals surface area contributed by atoms with E-state index < -0.39 is 0 Å². The maximum atomic E-state index is 4.59. The van der Waals surface area contributed by atoms with Gasteiger partial charge in [0, 0.05) is 42.2 Å². The smallest absolute Gasteiger partial charge is 0.132 e. The van der Waals surface area contributed by atoms with E-state index in [9.17, 15) is 0 Å². The molecule has 0 saturated heterocycles.